The summed E-state index contributed by atoms with van der Waals surface area (Å²) in [5, 5.41) is 10.1. The van der Waals surface area contributed by atoms with Crippen molar-refractivity contribution in [3.63, 3.8) is 0 Å². The molecule has 1 aromatic rings. The first-order valence-electron chi connectivity index (χ1n) is 5.80. The van der Waals surface area contributed by atoms with Crippen molar-refractivity contribution in [3.05, 3.63) is 35.6 Å². The fourth-order valence-electron chi connectivity index (χ4n) is 2.06. The number of benzene rings is 1. The van der Waals surface area contributed by atoms with Gasteiger partial charge in [0.15, 0.2) is 0 Å². The highest BCUT2D eigenvalue weighted by atomic mass is 19.1. The van der Waals surface area contributed by atoms with Crippen LogP contribution in [0, 0.1) is 11.2 Å². The second-order valence-electron chi connectivity index (χ2n) is 5.42. The molecule has 0 fully saturated rings. The molecule has 0 heterocycles. The predicted molar refractivity (Wildman–Crippen MR) is 66.4 cm³/mol. The van der Waals surface area contributed by atoms with Crippen molar-refractivity contribution in [2.75, 3.05) is 7.11 Å². The van der Waals surface area contributed by atoms with Crippen molar-refractivity contribution >= 4 is 0 Å². The SMILES string of the molecule is COC(C(O)Cc1ccc(F)cc1)C(C)(C)C. The summed E-state index contributed by atoms with van der Waals surface area (Å²) in [6.07, 6.45) is -0.367. The number of hydrogen-bond donors (Lipinski definition) is 1. The van der Waals surface area contributed by atoms with Gasteiger partial charge in [0.05, 0.1) is 12.2 Å². The second kappa shape index (κ2) is 5.61. The molecule has 0 aromatic heterocycles. The average Bonchev–Trinajstić information content (AvgIpc) is 2.20. The molecule has 1 rings (SSSR count). The minimum Gasteiger partial charge on any atom is -0.390 e. The third-order valence-electron chi connectivity index (χ3n) is 2.82. The minimum absolute atomic E-state index is 0.131. The first-order chi connectivity index (χ1) is 7.84. The Labute approximate surface area is 102 Å². The number of methoxy groups -OCH3 is 1. The van der Waals surface area contributed by atoms with Crippen LogP contribution in [0.5, 0.6) is 0 Å². The summed E-state index contributed by atoms with van der Waals surface area (Å²) in [5.41, 5.74) is 0.777. The zero-order chi connectivity index (χ0) is 13.1. The van der Waals surface area contributed by atoms with Crippen LogP contribution < -0.4 is 0 Å². The van der Waals surface area contributed by atoms with Crippen molar-refractivity contribution in [3.8, 4) is 0 Å². The average molecular weight is 240 g/mol. The van der Waals surface area contributed by atoms with Gasteiger partial charge in [0, 0.05) is 13.5 Å². The predicted octanol–water partition coefficient (Wildman–Crippen LogP) is 2.79. The van der Waals surface area contributed by atoms with E-state index in [2.05, 4.69) is 0 Å². The maximum absolute atomic E-state index is 12.8. The number of rotatable bonds is 4. The van der Waals surface area contributed by atoms with Gasteiger partial charge in [0.1, 0.15) is 5.82 Å². The third-order valence-corrected chi connectivity index (χ3v) is 2.82. The van der Waals surface area contributed by atoms with Gasteiger partial charge < -0.3 is 9.84 Å². The van der Waals surface area contributed by atoms with E-state index >= 15 is 0 Å². The lowest BCUT2D eigenvalue weighted by atomic mass is 9.84. The van der Waals surface area contributed by atoms with E-state index in [0.717, 1.165) is 5.56 Å². The molecular formula is C14H21FO2. The lowest BCUT2D eigenvalue weighted by molar-refractivity contribution is -0.0699. The minimum atomic E-state index is -0.592. The Balaban J connectivity index is 2.70. The lowest BCUT2D eigenvalue weighted by Crippen LogP contribution is -2.40. The molecule has 0 aliphatic carbocycles. The molecule has 2 unspecified atom stereocenters. The summed E-state index contributed by atoms with van der Waals surface area (Å²) in [4.78, 5) is 0. The molecule has 0 spiro atoms. The standard InChI is InChI=1S/C14H21FO2/c1-14(2,3)13(17-4)12(16)9-10-5-7-11(15)8-6-10/h5-8,12-13,16H,9H2,1-4H3. The molecule has 0 aliphatic rings. The number of ether oxygens (including phenoxy) is 1. The Morgan fingerprint density at radius 2 is 1.76 bits per heavy atom. The maximum Gasteiger partial charge on any atom is 0.123 e. The smallest absolute Gasteiger partial charge is 0.123 e. The Hall–Kier alpha value is -0.930. The van der Waals surface area contributed by atoms with Crippen LogP contribution in [0.4, 0.5) is 4.39 Å². The largest absolute Gasteiger partial charge is 0.390 e. The van der Waals surface area contributed by atoms with E-state index in [9.17, 15) is 9.50 Å². The molecule has 2 atom stereocenters. The summed E-state index contributed by atoms with van der Waals surface area (Å²) in [7, 11) is 1.60. The number of halogens is 1. The Morgan fingerprint density at radius 3 is 2.18 bits per heavy atom. The molecular weight excluding hydrogens is 219 g/mol. The highest BCUT2D eigenvalue weighted by molar-refractivity contribution is 5.17. The van der Waals surface area contributed by atoms with Gasteiger partial charge in [-0.25, -0.2) is 4.39 Å². The molecule has 0 saturated carbocycles. The summed E-state index contributed by atoms with van der Waals surface area (Å²) < 4.78 is 18.1. The van der Waals surface area contributed by atoms with E-state index in [4.69, 9.17) is 4.74 Å². The number of hydrogen-bond acceptors (Lipinski definition) is 2. The van der Waals surface area contributed by atoms with Gasteiger partial charge in [-0.05, 0) is 23.1 Å². The summed E-state index contributed by atoms with van der Waals surface area (Å²) in [6, 6.07) is 6.18. The van der Waals surface area contributed by atoms with Crippen molar-refractivity contribution in [2.45, 2.75) is 39.4 Å². The van der Waals surface area contributed by atoms with Crippen LogP contribution in [-0.2, 0) is 11.2 Å². The molecule has 1 aromatic carbocycles. The lowest BCUT2D eigenvalue weighted by Gasteiger charge is -2.33. The van der Waals surface area contributed by atoms with Crippen molar-refractivity contribution < 1.29 is 14.2 Å². The van der Waals surface area contributed by atoms with E-state index in [1.54, 1.807) is 19.2 Å². The molecule has 0 radical (unpaired) electrons. The molecule has 0 amide bonds. The summed E-state index contributed by atoms with van der Waals surface area (Å²) in [6.45, 7) is 6.07. The van der Waals surface area contributed by atoms with Gasteiger partial charge >= 0.3 is 0 Å². The first-order valence-corrected chi connectivity index (χ1v) is 5.80. The van der Waals surface area contributed by atoms with Crippen molar-refractivity contribution in [1.82, 2.24) is 0 Å². The van der Waals surface area contributed by atoms with Gasteiger partial charge in [-0.2, -0.15) is 0 Å². The van der Waals surface area contributed by atoms with Crippen LogP contribution in [0.25, 0.3) is 0 Å². The first kappa shape index (κ1) is 14.1. The van der Waals surface area contributed by atoms with E-state index in [1.807, 2.05) is 20.8 Å². The quantitative estimate of drug-likeness (QED) is 0.877. The van der Waals surface area contributed by atoms with Gasteiger partial charge in [-0.1, -0.05) is 32.9 Å². The third kappa shape index (κ3) is 4.10. The molecule has 17 heavy (non-hydrogen) atoms. The molecule has 3 heteroatoms. The highest BCUT2D eigenvalue weighted by Crippen LogP contribution is 2.26. The number of aliphatic hydroxyl groups excluding tert-OH is 1. The van der Waals surface area contributed by atoms with Crippen LogP contribution in [0.3, 0.4) is 0 Å². The van der Waals surface area contributed by atoms with E-state index in [0.29, 0.717) is 6.42 Å². The van der Waals surface area contributed by atoms with Gasteiger partial charge in [-0.3, -0.25) is 0 Å². The van der Waals surface area contributed by atoms with Crippen LogP contribution >= 0.6 is 0 Å². The van der Waals surface area contributed by atoms with Crippen molar-refractivity contribution in [1.29, 1.82) is 0 Å². The second-order valence-corrected chi connectivity index (χ2v) is 5.42. The van der Waals surface area contributed by atoms with Gasteiger partial charge in [-0.15, -0.1) is 0 Å². The van der Waals surface area contributed by atoms with E-state index in [1.165, 1.54) is 12.1 Å². The Morgan fingerprint density at radius 1 is 1.24 bits per heavy atom. The topological polar surface area (TPSA) is 29.5 Å². The molecule has 1 N–H and O–H groups in total. The molecule has 2 nitrogen and oxygen atoms in total. The zero-order valence-corrected chi connectivity index (χ0v) is 10.9. The Bertz CT molecular complexity index is 340. The molecule has 0 saturated heterocycles. The van der Waals surface area contributed by atoms with Gasteiger partial charge in [0.2, 0.25) is 0 Å². The Kier molecular flexibility index (Phi) is 4.66. The van der Waals surface area contributed by atoms with Crippen molar-refractivity contribution in [2.24, 2.45) is 5.41 Å². The fraction of sp³-hybridized carbons (Fsp3) is 0.571. The zero-order valence-electron chi connectivity index (χ0n) is 10.9. The monoisotopic (exact) mass is 240 g/mol. The van der Waals surface area contributed by atoms with Crippen LogP contribution in [0.15, 0.2) is 24.3 Å². The van der Waals surface area contributed by atoms with Gasteiger partial charge in [0.25, 0.3) is 0 Å². The summed E-state index contributed by atoms with van der Waals surface area (Å²) in [5.74, 6) is -0.262. The van der Waals surface area contributed by atoms with E-state index < -0.39 is 6.10 Å². The van der Waals surface area contributed by atoms with Crippen LogP contribution in [0.2, 0.25) is 0 Å². The van der Waals surface area contributed by atoms with Crippen LogP contribution in [0.1, 0.15) is 26.3 Å². The molecule has 0 aliphatic heterocycles. The van der Waals surface area contributed by atoms with E-state index in [-0.39, 0.29) is 17.3 Å². The molecule has 96 valence electrons. The number of aliphatic hydroxyl groups is 1. The maximum atomic E-state index is 12.8. The molecule has 0 bridgehead atoms. The highest BCUT2D eigenvalue weighted by Gasteiger charge is 2.31. The normalized spacial score (nSPS) is 15.6. The fourth-order valence-corrected chi connectivity index (χ4v) is 2.06. The van der Waals surface area contributed by atoms with Crippen LogP contribution in [-0.4, -0.2) is 24.4 Å². The summed E-state index contributed by atoms with van der Waals surface area (Å²) >= 11 is 0.